The molecule has 17 heavy (non-hydrogen) atoms. The number of carbonyl (C=O) groups is 1. The van der Waals surface area contributed by atoms with Gasteiger partial charge in [-0.25, -0.2) is 0 Å². The number of rotatable bonds is 4. The Labute approximate surface area is 96.6 Å². The van der Waals surface area contributed by atoms with Crippen molar-refractivity contribution in [3.63, 3.8) is 0 Å². The van der Waals surface area contributed by atoms with Gasteiger partial charge in [-0.2, -0.15) is 13.2 Å². The van der Waals surface area contributed by atoms with Gasteiger partial charge >= 0.3 is 6.18 Å². The van der Waals surface area contributed by atoms with Crippen LogP contribution in [0.5, 0.6) is 0 Å². The molecule has 1 rings (SSSR count). The van der Waals surface area contributed by atoms with Crippen LogP contribution < -0.4 is 5.32 Å². The first-order chi connectivity index (χ1) is 7.88. The topological polar surface area (TPSA) is 38.3 Å². The second kappa shape index (κ2) is 5.67. The predicted molar refractivity (Wildman–Crippen MR) is 56.5 cm³/mol. The number of carbonyl (C=O) groups excluding carboxylic acids is 1. The Balaban J connectivity index is 2.43. The first kappa shape index (κ1) is 13.5. The van der Waals surface area contributed by atoms with Crippen molar-refractivity contribution in [3.05, 3.63) is 30.3 Å². The Kier molecular flexibility index (Phi) is 4.51. The van der Waals surface area contributed by atoms with Crippen LogP contribution in [0.4, 0.5) is 18.9 Å². The number of hydrogen-bond acceptors (Lipinski definition) is 2. The molecule has 0 aliphatic carbocycles. The maximum Gasteiger partial charge on any atom is 0.411 e. The summed E-state index contributed by atoms with van der Waals surface area (Å²) in [6.45, 7) is -0.166. The molecule has 0 bridgehead atoms. The molecule has 1 aromatic carbocycles. The Bertz CT molecular complexity index is 365. The zero-order chi connectivity index (χ0) is 12.9. The van der Waals surface area contributed by atoms with Crippen molar-refractivity contribution in [2.75, 3.05) is 11.9 Å². The fraction of sp³-hybridized carbons (Fsp3) is 0.364. The van der Waals surface area contributed by atoms with Crippen LogP contribution in [0, 0.1) is 0 Å². The third kappa shape index (κ3) is 5.35. The van der Waals surface area contributed by atoms with Crippen LogP contribution in [0.25, 0.3) is 0 Å². The molecule has 0 radical (unpaired) electrons. The van der Waals surface area contributed by atoms with E-state index in [1.54, 1.807) is 30.3 Å². The lowest BCUT2D eigenvalue weighted by Crippen LogP contribution is -2.31. The molecule has 0 fully saturated rings. The predicted octanol–water partition coefficient (Wildman–Crippen LogP) is 2.59. The van der Waals surface area contributed by atoms with Gasteiger partial charge in [0.25, 0.3) is 5.91 Å². The van der Waals surface area contributed by atoms with Crippen LogP contribution in [-0.4, -0.2) is 24.8 Å². The summed E-state index contributed by atoms with van der Waals surface area (Å²) in [6.07, 6.45) is -5.58. The van der Waals surface area contributed by atoms with Crippen LogP contribution in [0.3, 0.4) is 0 Å². The van der Waals surface area contributed by atoms with E-state index in [-0.39, 0.29) is 0 Å². The van der Waals surface area contributed by atoms with E-state index in [9.17, 15) is 18.0 Å². The molecule has 1 N–H and O–H groups in total. The number of ether oxygens (including phenoxy) is 1. The Morgan fingerprint density at radius 2 is 1.94 bits per heavy atom. The highest BCUT2D eigenvalue weighted by molar-refractivity contribution is 5.93. The van der Waals surface area contributed by atoms with Crippen molar-refractivity contribution in [3.8, 4) is 0 Å². The van der Waals surface area contributed by atoms with Gasteiger partial charge in [0.15, 0.2) is 0 Å². The highest BCUT2D eigenvalue weighted by Crippen LogP contribution is 2.16. The molecule has 0 saturated carbocycles. The number of halogens is 3. The van der Waals surface area contributed by atoms with Gasteiger partial charge in [-0.05, 0) is 19.1 Å². The number of hydrogen-bond donors (Lipinski definition) is 1. The second-order valence-corrected chi connectivity index (χ2v) is 3.42. The summed E-state index contributed by atoms with van der Waals surface area (Å²) in [5, 5.41) is 2.45. The molecule has 0 aliphatic rings. The number of alkyl halides is 3. The molecule has 94 valence electrons. The van der Waals surface area contributed by atoms with Crippen LogP contribution in [0.15, 0.2) is 30.3 Å². The summed E-state index contributed by atoms with van der Waals surface area (Å²) in [6, 6.07) is 8.44. The average Bonchev–Trinajstić information content (AvgIpc) is 2.26. The van der Waals surface area contributed by atoms with Gasteiger partial charge in [0.1, 0.15) is 12.7 Å². The van der Waals surface area contributed by atoms with E-state index >= 15 is 0 Å². The average molecular weight is 247 g/mol. The van der Waals surface area contributed by atoms with E-state index < -0.39 is 24.8 Å². The quantitative estimate of drug-likeness (QED) is 0.888. The van der Waals surface area contributed by atoms with Crippen LogP contribution >= 0.6 is 0 Å². The molecule has 0 heterocycles. The van der Waals surface area contributed by atoms with E-state index in [1.807, 2.05) is 0 Å². The summed E-state index contributed by atoms with van der Waals surface area (Å²) >= 11 is 0. The molecule has 3 nitrogen and oxygen atoms in total. The van der Waals surface area contributed by atoms with Crippen molar-refractivity contribution in [2.24, 2.45) is 0 Å². The van der Waals surface area contributed by atoms with Gasteiger partial charge < -0.3 is 10.1 Å². The minimum atomic E-state index is -4.43. The van der Waals surface area contributed by atoms with Gasteiger partial charge in [0.2, 0.25) is 0 Å². The van der Waals surface area contributed by atoms with E-state index in [0.29, 0.717) is 5.69 Å². The number of benzene rings is 1. The monoisotopic (exact) mass is 247 g/mol. The molecule has 0 aromatic heterocycles. The second-order valence-electron chi connectivity index (χ2n) is 3.42. The van der Waals surface area contributed by atoms with Crippen LogP contribution in [0.1, 0.15) is 6.92 Å². The zero-order valence-electron chi connectivity index (χ0n) is 9.12. The Hall–Kier alpha value is -1.56. The summed E-state index contributed by atoms with van der Waals surface area (Å²) in [7, 11) is 0. The Morgan fingerprint density at radius 3 is 2.47 bits per heavy atom. The maximum absolute atomic E-state index is 11.8. The van der Waals surface area contributed by atoms with Gasteiger partial charge in [0.05, 0.1) is 0 Å². The summed E-state index contributed by atoms with van der Waals surface area (Å²) in [5.74, 6) is -0.611. The molecule has 0 aliphatic heterocycles. The number of anilines is 1. The minimum absolute atomic E-state index is 0.514. The molecule has 1 aromatic rings. The SMILES string of the molecule is CC(OCC(F)(F)F)C(=O)Nc1ccccc1. The van der Waals surface area contributed by atoms with E-state index in [1.165, 1.54) is 6.92 Å². The summed E-state index contributed by atoms with van der Waals surface area (Å²) in [5.41, 5.74) is 0.514. The molecule has 1 unspecified atom stereocenters. The highest BCUT2D eigenvalue weighted by Gasteiger charge is 2.29. The van der Waals surface area contributed by atoms with Gasteiger partial charge in [-0.15, -0.1) is 0 Å². The number of amides is 1. The van der Waals surface area contributed by atoms with Crippen LogP contribution in [-0.2, 0) is 9.53 Å². The smallest absolute Gasteiger partial charge is 0.359 e. The third-order valence-corrected chi connectivity index (χ3v) is 1.91. The summed E-state index contributed by atoms with van der Waals surface area (Å²) in [4.78, 5) is 11.4. The number of nitrogens with one attached hydrogen (secondary N) is 1. The minimum Gasteiger partial charge on any atom is -0.359 e. The summed E-state index contributed by atoms with van der Waals surface area (Å²) < 4.78 is 40.0. The van der Waals surface area contributed by atoms with Crippen molar-refractivity contribution < 1.29 is 22.7 Å². The van der Waals surface area contributed by atoms with Crippen molar-refractivity contribution >= 4 is 11.6 Å². The van der Waals surface area contributed by atoms with E-state index in [2.05, 4.69) is 10.1 Å². The molecule has 6 heteroatoms. The lowest BCUT2D eigenvalue weighted by atomic mass is 10.3. The van der Waals surface area contributed by atoms with Crippen molar-refractivity contribution in [1.29, 1.82) is 0 Å². The van der Waals surface area contributed by atoms with E-state index in [4.69, 9.17) is 0 Å². The first-order valence-electron chi connectivity index (χ1n) is 4.93. The maximum atomic E-state index is 11.8. The van der Waals surface area contributed by atoms with Gasteiger partial charge in [0, 0.05) is 5.69 Å². The Morgan fingerprint density at radius 1 is 1.35 bits per heavy atom. The molecule has 1 amide bonds. The molecule has 0 spiro atoms. The van der Waals surface area contributed by atoms with E-state index in [0.717, 1.165) is 0 Å². The zero-order valence-corrected chi connectivity index (χ0v) is 9.12. The molecular weight excluding hydrogens is 235 g/mol. The number of para-hydroxylation sites is 1. The largest absolute Gasteiger partial charge is 0.411 e. The lowest BCUT2D eigenvalue weighted by Gasteiger charge is -2.14. The lowest BCUT2D eigenvalue weighted by molar-refractivity contribution is -0.184. The first-order valence-corrected chi connectivity index (χ1v) is 4.93. The van der Waals surface area contributed by atoms with Gasteiger partial charge in [-0.3, -0.25) is 4.79 Å². The highest BCUT2D eigenvalue weighted by atomic mass is 19.4. The molecular formula is C11H12F3NO2. The molecule has 0 saturated heterocycles. The van der Waals surface area contributed by atoms with Gasteiger partial charge in [-0.1, -0.05) is 18.2 Å². The standard InChI is InChI=1S/C11H12F3NO2/c1-8(17-7-11(12,13)14)10(16)15-9-5-3-2-4-6-9/h2-6,8H,7H2,1H3,(H,15,16). The molecule has 1 atom stereocenters. The van der Waals surface area contributed by atoms with Crippen LogP contribution in [0.2, 0.25) is 0 Å². The van der Waals surface area contributed by atoms with Crippen molar-refractivity contribution in [1.82, 2.24) is 0 Å². The van der Waals surface area contributed by atoms with Crippen molar-refractivity contribution in [2.45, 2.75) is 19.2 Å². The fourth-order valence-electron chi connectivity index (χ4n) is 1.06. The normalized spacial score (nSPS) is 13.2. The fourth-order valence-corrected chi connectivity index (χ4v) is 1.06. The third-order valence-electron chi connectivity index (χ3n) is 1.91.